The second-order valence-corrected chi connectivity index (χ2v) is 7.18. The van der Waals surface area contributed by atoms with Gasteiger partial charge in [0.15, 0.2) is 11.5 Å². The largest absolute Gasteiger partial charge is 0.351 e. The van der Waals surface area contributed by atoms with E-state index in [1.165, 1.54) is 16.8 Å². The molecule has 1 aliphatic rings. The number of hydrogen-bond donors (Lipinski definition) is 1. The first kappa shape index (κ1) is 18.2. The number of benzene rings is 1. The Morgan fingerprint density at radius 3 is 2.73 bits per heavy atom. The summed E-state index contributed by atoms with van der Waals surface area (Å²) in [5.41, 5.74) is 1.44. The first-order valence-electron chi connectivity index (χ1n) is 9.61. The lowest BCUT2D eigenvalue weighted by Gasteiger charge is -2.18. The summed E-state index contributed by atoms with van der Waals surface area (Å²) in [5.74, 6) is 0.770. The Hall–Kier alpha value is -3.82. The number of amides is 1. The van der Waals surface area contributed by atoms with Gasteiger partial charge in [0.2, 0.25) is 5.82 Å². The number of nitrogens with zero attached hydrogens (tertiary/aromatic N) is 7. The third-order valence-electron chi connectivity index (χ3n) is 5.16. The van der Waals surface area contributed by atoms with Gasteiger partial charge in [0.05, 0.1) is 5.69 Å². The Bertz CT molecular complexity index is 1220. The van der Waals surface area contributed by atoms with E-state index in [9.17, 15) is 9.18 Å². The van der Waals surface area contributed by atoms with E-state index in [1.807, 2.05) is 16.8 Å². The van der Waals surface area contributed by atoms with Crippen LogP contribution in [-0.2, 0) is 0 Å². The van der Waals surface area contributed by atoms with Crippen LogP contribution in [0.1, 0.15) is 22.9 Å². The number of carbonyl (C=O) groups is 1. The molecule has 0 radical (unpaired) electrons. The second-order valence-electron chi connectivity index (χ2n) is 7.18. The van der Waals surface area contributed by atoms with Gasteiger partial charge in [0.25, 0.3) is 5.91 Å². The molecule has 0 bridgehead atoms. The van der Waals surface area contributed by atoms with E-state index in [2.05, 4.69) is 30.3 Å². The molecule has 30 heavy (non-hydrogen) atoms. The van der Waals surface area contributed by atoms with Crippen molar-refractivity contribution in [3.63, 3.8) is 0 Å². The normalized spacial score (nSPS) is 16.3. The number of fused-ring (bicyclic) bond motifs is 1. The molecule has 10 heteroatoms. The van der Waals surface area contributed by atoms with E-state index in [-0.39, 0.29) is 23.6 Å². The van der Waals surface area contributed by atoms with Crippen molar-refractivity contribution in [3.05, 3.63) is 66.5 Å². The topological polar surface area (TPSA) is 93.2 Å². The van der Waals surface area contributed by atoms with Crippen molar-refractivity contribution in [1.82, 2.24) is 34.4 Å². The van der Waals surface area contributed by atoms with Crippen molar-refractivity contribution in [2.24, 2.45) is 0 Å². The fraction of sp³-hybridized carbons (Fsp3) is 0.250. The molecule has 0 saturated carbocycles. The van der Waals surface area contributed by atoms with E-state index in [0.717, 1.165) is 24.4 Å². The van der Waals surface area contributed by atoms with Crippen molar-refractivity contribution in [2.45, 2.75) is 19.4 Å². The summed E-state index contributed by atoms with van der Waals surface area (Å²) >= 11 is 0. The molecule has 1 saturated heterocycles. The average Bonchev–Trinajstić information content (AvgIpc) is 3.48. The van der Waals surface area contributed by atoms with Crippen molar-refractivity contribution in [3.8, 4) is 5.69 Å². The van der Waals surface area contributed by atoms with E-state index < -0.39 is 0 Å². The molecule has 9 nitrogen and oxygen atoms in total. The zero-order chi connectivity index (χ0) is 20.7. The molecule has 5 rings (SSSR count). The van der Waals surface area contributed by atoms with E-state index in [1.54, 1.807) is 31.5 Å². The molecule has 1 aromatic carbocycles. The Morgan fingerprint density at radius 2 is 1.93 bits per heavy atom. The number of hydrogen-bond acceptors (Lipinski definition) is 6. The lowest BCUT2D eigenvalue weighted by molar-refractivity contribution is 0.0930. The first-order valence-corrected chi connectivity index (χ1v) is 9.61. The van der Waals surface area contributed by atoms with Gasteiger partial charge in [-0.25, -0.2) is 24.0 Å². The van der Waals surface area contributed by atoms with Gasteiger partial charge in [-0.15, -0.1) is 5.10 Å². The lowest BCUT2D eigenvalue weighted by Crippen LogP contribution is -2.37. The van der Waals surface area contributed by atoms with Crippen LogP contribution in [0.3, 0.4) is 0 Å². The number of aryl methyl sites for hydroxylation is 1. The van der Waals surface area contributed by atoms with Crippen LogP contribution < -0.4 is 10.2 Å². The van der Waals surface area contributed by atoms with Gasteiger partial charge in [-0.3, -0.25) is 4.79 Å². The molecule has 0 aliphatic carbocycles. The van der Waals surface area contributed by atoms with Crippen molar-refractivity contribution >= 4 is 17.4 Å². The number of imidazole rings is 1. The van der Waals surface area contributed by atoms with Crippen LogP contribution in [0.4, 0.5) is 10.2 Å². The predicted molar refractivity (Wildman–Crippen MR) is 107 cm³/mol. The summed E-state index contributed by atoms with van der Waals surface area (Å²) in [6.07, 6.45) is 7.99. The van der Waals surface area contributed by atoms with E-state index in [4.69, 9.17) is 0 Å². The van der Waals surface area contributed by atoms with Gasteiger partial charge in [0, 0.05) is 43.9 Å². The summed E-state index contributed by atoms with van der Waals surface area (Å²) in [5, 5.41) is 7.30. The highest BCUT2D eigenvalue weighted by molar-refractivity contribution is 5.90. The second kappa shape index (κ2) is 7.21. The van der Waals surface area contributed by atoms with Crippen molar-refractivity contribution < 1.29 is 9.18 Å². The summed E-state index contributed by atoms with van der Waals surface area (Å²) in [6, 6.07) is 5.83. The Kier molecular flexibility index (Phi) is 4.38. The van der Waals surface area contributed by atoms with Gasteiger partial charge >= 0.3 is 0 Å². The zero-order valence-corrected chi connectivity index (χ0v) is 16.2. The van der Waals surface area contributed by atoms with Gasteiger partial charge in [0.1, 0.15) is 11.6 Å². The van der Waals surface area contributed by atoms with Crippen LogP contribution in [0.5, 0.6) is 0 Å². The molecule has 152 valence electrons. The molecule has 3 aromatic heterocycles. The van der Waals surface area contributed by atoms with Gasteiger partial charge in [-0.1, -0.05) is 0 Å². The maximum absolute atomic E-state index is 13.2. The Morgan fingerprint density at radius 1 is 1.17 bits per heavy atom. The third kappa shape index (κ3) is 3.25. The number of nitrogens with one attached hydrogen (secondary N) is 1. The molecule has 1 fully saturated rings. The number of aromatic nitrogens is 6. The zero-order valence-electron chi connectivity index (χ0n) is 16.2. The first-order chi connectivity index (χ1) is 14.6. The van der Waals surface area contributed by atoms with E-state index in [0.29, 0.717) is 18.1 Å². The van der Waals surface area contributed by atoms with Gasteiger partial charge < -0.3 is 14.6 Å². The summed E-state index contributed by atoms with van der Waals surface area (Å²) in [6.45, 7) is 3.14. The Labute approximate surface area is 171 Å². The van der Waals surface area contributed by atoms with Crippen LogP contribution >= 0.6 is 0 Å². The monoisotopic (exact) mass is 406 g/mol. The van der Waals surface area contributed by atoms with Crippen LogP contribution in [-0.4, -0.2) is 54.2 Å². The van der Waals surface area contributed by atoms with E-state index >= 15 is 0 Å². The van der Waals surface area contributed by atoms with Crippen LogP contribution in [0.15, 0.2) is 49.1 Å². The predicted octanol–water partition coefficient (Wildman–Crippen LogP) is 1.77. The lowest BCUT2D eigenvalue weighted by atomic mass is 10.2. The van der Waals surface area contributed by atoms with Crippen LogP contribution in [0, 0.1) is 12.7 Å². The fourth-order valence-electron chi connectivity index (χ4n) is 3.70. The molecular formula is C20H19FN8O. The van der Waals surface area contributed by atoms with Crippen molar-refractivity contribution in [1.29, 1.82) is 0 Å². The third-order valence-corrected chi connectivity index (χ3v) is 5.16. The standard InChI is InChI=1S/C20H19FN8O/c1-13-24-17(26-29(13)16-4-2-14(21)3-5-16)20(30)25-15-6-9-28(12-15)19-18-22-7-10-27(18)11-8-23-19/h2-5,7-8,10-11,15H,6,9,12H2,1H3,(H,25,30)/t15-/m0/s1. The van der Waals surface area contributed by atoms with Gasteiger partial charge in [-0.05, 0) is 37.6 Å². The highest BCUT2D eigenvalue weighted by Crippen LogP contribution is 2.22. The number of halogens is 1. The minimum Gasteiger partial charge on any atom is -0.351 e. The summed E-state index contributed by atoms with van der Waals surface area (Å²) in [4.78, 5) is 27.9. The molecular weight excluding hydrogens is 387 g/mol. The SMILES string of the molecule is Cc1nc(C(=O)N[C@H]2CCN(c3nccn4ccnc34)C2)nn1-c1ccc(F)cc1. The molecule has 1 atom stereocenters. The highest BCUT2D eigenvalue weighted by Gasteiger charge is 2.28. The molecule has 0 unspecified atom stereocenters. The summed E-state index contributed by atoms with van der Waals surface area (Å²) in [7, 11) is 0. The highest BCUT2D eigenvalue weighted by atomic mass is 19.1. The molecule has 1 aliphatic heterocycles. The van der Waals surface area contributed by atoms with Crippen molar-refractivity contribution in [2.75, 3.05) is 18.0 Å². The minimum atomic E-state index is -0.335. The van der Waals surface area contributed by atoms with Crippen LogP contribution in [0.2, 0.25) is 0 Å². The summed E-state index contributed by atoms with van der Waals surface area (Å²) < 4.78 is 16.6. The Balaban J connectivity index is 1.29. The molecule has 0 spiro atoms. The molecule has 1 N–H and O–H groups in total. The number of rotatable bonds is 4. The fourth-order valence-corrected chi connectivity index (χ4v) is 3.70. The van der Waals surface area contributed by atoms with Gasteiger partial charge in [-0.2, -0.15) is 0 Å². The number of carbonyl (C=O) groups excluding carboxylic acids is 1. The maximum atomic E-state index is 13.2. The maximum Gasteiger partial charge on any atom is 0.291 e. The smallest absolute Gasteiger partial charge is 0.291 e. The molecule has 4 aromatic rings. The molecule has 4 heterocycles. The molecule has 1 amide bonds. The number of anilines is 1. The van der Waals surface area contributed by atoms with Crippen LogP contribution in [0.25, 0.3) is 11.3 Å². The average molecular weight is 406 g/mol. The quantitative estimate of drug-likeness (QED) is 0.555. The minimum absolute atomic E-state index is 0.0485.